The summed E-state index contributed by atoms with van der Waals surface area (Å²) in [5.41, 5.74) is 0.797. The fourth-order valence-corrected chi connectivity index (χ4v) is 1.58. The molecule has 0 amide bonds. The van der Waals surface area contributed by atoms with Gasteiger partial charge in [0.15, 0.2) is 0 Å². The van der Waals surface area contributed by atoms with Gasteiger partial charge in [-0.15, -0.1) is 0 Å². The molecule has 2 aromatic rings. The van der Waals surface area contributed by atoms with Crippen molar-refractivity contribution in [2.75, 3.05) is 7.05 Å². The minimum atomic E-state index is -0.465. The first-order valence-electron chi connectivity index (χ1n) is 4.88. The highest BCUT2D eigenvalue weighted by atomic mass is 19.1. The third kappa shape index (κ3) is 1.97. The van der Waals surface area contributed by atoms with Gasteiger partial charge in [0, 0.05) is 11.1 Å². The molecule has 0 saturated carbocycles. The molecule has 1 aromatic heterocycles. The van der Waals surface area contributed by atoms with Gasteiger partial charge in [0.25, 0.3) is 0 Å². The van der Waals surface area contributed by atoms with E-state index in [1.165, 1.54) is 12.3 Å². The Morgan fingerprint density at radius 1 is 1.19 bits per heavy atom. The lowest BCUT2D eigenvalue weighted by Gasteiger charge is -2.04. The van der Waals surface area contributed by atoms with Crippen LogP contribution < -0.4 is 5.32 Å². The third-order valence-corrected chi connectivity index (χ3v) is 2.30. The monoisotopic (exact) mass is 223 g/mol. The third-order valence-electron chi connectivity index (χ3n) is 2.30. The van der Waals surface area contributed by atoms with E-state index in [-0.39, 0.29) is 5.56 Å². The summed E-state index contributed by atoms with van der Waals surface area (Å²) >= 11 is 0. The molecule has 0 radical (unpaired) electrons. The summed E-state index contributed by atoms with van der Waals surface area (Å²) in [5, 5.41) is 2.90. The number of hydrogen-bond donors (Lipinski definition) is 1. The molecular formula is C12H11F2NO. The first-order chi connectivity index (χ1) is 7.72. The van der Waals surface area contributed by atoms with Crippen LogP contribution in [0, 0.1) is 11.6 Å². The van der Waals surface area contributed by atoms with E-state index in [0.717, 1.165) is 12.1 Å². The smallest absolute Gasteiger partial charge is 0.131 e. The van der Waals surface area contributed by atoms with Gasteiger partial charge in [-0.2, -0.15) is 0 Å². The summed E-state index contributed by atoms with van der Waals surface area (Å²) in [6.45, 7) is 0.471. The second-order valence-electron chi connectivity index (χ2n) is 3.41. The first-order valence-corrected chi connectivity index (χ1v) is 4.88. The van der Waals surface area contributed by atoms with Crippen LogP contribution in [0.4, 0.5) is 8.78 Å². The lowest BCUT2D eigenvalue weighted by molar-refractivity contribution is 0.496. The molecule has 2 rings (SSSR count). The fraction of sp³-hybridized carbons (Fsp3) is 0.167. The fourth-order valence-electron chi connectivity index (χ4n) is 1.58. The van der Waals surface area contributed by atoms with Crippen LogP contribution in [0.5, 0.6) is 0 Å². The van der Waals surface area contributed by atoms with Crippen LogP contribution >= 0.6 is 0 Å². The van der Waals surface area contributed by atoms with Crippen LogP contribution in [-0.2, 0) is 6.54 Å². The molecule has 0 bridgehead atoms. The molecular weight excluding hydrogens is 212 g/mol. The zero-order chi connectivity index (χ0) is 11.5. The second kappa shape index (κ2) is 4.45. The lowest BCUT2D eigenvalue weighted by atomic mass is 10.1. The van der Waals surface area contributed by atoms with Gasteiger partial charge in [-0.1, -0.05) is 0 Å². The van der Waals surface area contributed by atoms with Crippen molar-refractivity contribution in [1.29, 1.82) is 0 Å². The maximum absolute atomic E-state index is 13.5. The largest absolute Gasteiger partial charge is 0.467 e. The standard InChI is InChI=1S/C12H11F2NO/c1-15-7-12-9(4-5-16-12)10-6-8(13)2-3-11(10)14/h2-6,15H,7H2,1H3. The molecule has 0 aliphatic carbocycles. The molecule has 0 aliphatic rings. The minimum absolute atomic E-state index is 0.221. The molecule has 84 valence electrons. The van der Waals surface area contributed by atoms with Crippen LogP contribution in [0.2, 0.25) is 0 Å². The molecule has 2 nitrogen and oxygen atoms in total. The van der Waals surface area contributed by atoms with Crippen LogP contribution in [0.1, 0.15) is 5.76 Å². The zero-order valence-electron chi connectivity index (χ0n) is 8.76. The SMILES string of the molecule is CNCc1occc1-c1cc(F)ccc1F. The van der Waals surface area contributed by atoms with E-state index in [1.54, 1.807) is 13.1 Å². The van der Waals surface area contributed by atoms with Gasteiger partial charge < -0.3 is 9.73 Å². The van der Waals surface area contributed by atoms with Gasteiger partial charge in [0.05, 0.1) is 12.8 Å². The Morgan fingerprint density at radius 2 is 2.00 bits per heavy atom. The Balaban J connectivity index is 2.49. The Kier molecular flexibility index (Phi) is 3.01. The number of nitrogens with one attached hydrogen (secondary N) is 1. The Bertz CT molecular complexity index is 494. The van der Waals surface area contributed by atoms with Crippen molar-refractivity contribution in [3.8, 4) is 11.1 Å². The normalized spacial score (nSPS) is 10.7. The zero-order valence-corrected chi connectivity index (χ0v) is 8.76. The summed E-state index contributed by atoms with van der Waals surface area (Å²) < 4.78 is 31.8. The topological polar surface area (TPSA) is 25.2 Å². The van der Waals surface area contributed by atoms with Crippen LogP contribution in [-0.4, -0.2) is 7.05 Å². The highest BCUT2D eigenvalue weighted by molar-refractivity contribution is 5.66. The van der Waals surface area contributed by atoms with Crippen molar-refractivity contribution in [3.63, 3.8) is 0 Å². The van der Waals surface area contributed by atoms with Gasteiger partial charge in [-0.3, -0.25) is 0 Å². The molecule has 0 unspecified atom stereocenters. The molecule has 1 N–H and O–H groups in total. The Hall–Kier alpha value is -1.68. The molecule has 0 saturated heterocycles. The predicted molar refractivity (Wildman–Crippen MR) is 56.8 cm³/mol. The van der Waals surface area contributed by atoms with E-state index in [1.807, 2.05) is 0 Å². The van der Waals surface area contributed by atoms with Gasteiger partial charge in [0.1, 0.15) is 17.4 Å². The predicted octanol–water partition coefficient (Wildman–Crippen LogP) is 2.94. The Labute approximate surface area is 91.9 Å². The van der Waals surface area contributed by atoms with E-state index >= 15 is 0 Å². The molecule has 1 aromatic carbocycles. The van der Waals surface area contributed by atoms with E-state index < -0.39 is 11.6 Å². The Morgan fingerprint density at radius 3 is 2.75 bits per heavy atom. The van der Waals surface area contributed by atoms with E-state index in [4.69, 9.17) is 4.42 Å². The lowest BCUT2D eigenvalue weighted by Crippen LogP contribution is -2.05. The molecule has 0 fully saturated rings. The van der Waals surface area contributed by atoms with Crippen molar-refractivity contribution >= 4 is 0 Å². The number of benzene rings is 1. The van der Waals surface area contributed by atoms with Gasteiger partial charge in [0.2, 0.25) is 0 Å². The summed E-state index contributed by atoms with van der Waals surface area (Å²) in [4.78, 5) is 0. The van der Waals surface area contributed by atoms with Crippen molar-refractivity contribution < 1.29 is 13.2 Å². The summed E-state index contributed by atoms with van der Waals surface area (Å²) in [5.74, 6) is -0.333. The quantitative estimate of drug-likeness (QED) is 0.865. The molecule has 0 spiro atoms. The van der Waals surface area contributed by atoms with Gasteiger partial charge >= 0.3 is 0 Å². The first kappa shape index (κ1) is 10.8. The van der Waals surface area contributed by atoms with Crippen molar-refractivity contribution in [3.05, 3.63) is 47.9 Å². The highest BCUT2D eigenvalue weighted by Crippen LogP contribution is 2.27. The van der Waals surface area contributed by atoms with Gasteiger partial charge in [-0.05, 0) is 31.3 Å². The maximum Gasteiger partial charge on any atom is 0.131 e. The minimum Gasteiger partial charge on any atom is -0.467 e. The molecule has 0 aliphatic heterocycles. The number of halogens is 2. The maximum atomic E-state index is 13.5. The van der Waals surface area contributed by atoms with E-state index in [2.05, 4.69) is 5.32 Å². The molecule has 1 heterocycles. The molecule has 4 heteroatoms. The summed E-state index contributed by atoms with van der Waals surface area (Å²) in [6, 6.07) is 5.00. The van der Waals surface area contributed by atoms with Crippen molar-refractivity contribution in [2.24, 2.45) is 0 Å². The highest BCUT2D eigenvalue weighted by Gasteiger charge is 2.12. The summed E-state index contributed by atoms with van der Waals surface area (Å²) in [7, 11) is 1.76. The van der Waals surface area contributed by atoms with E-state index in [0.29, 0.717) is 17.9 Å². The second-order valence-corrected chi connectivity index (χ2v) is 3.41. The number of hydrogen-bond acceptors (Lipinski definition) is 2. The van der Waals surface area contributed by atoms with Crippen molar-refractivity contribution in [2.45, 2.75) is 6.54 Å². The van der Waals surface area contributed by atoms with Crippen LogP contribution in [0.15, 0.2) is 34.9 Å². The summed E-state index contributed by atoms with van der Waals surface area (Å²) in [6.07, 6.45) is 1.46. The average molecular weight is 223 g/mol. The van der Waals surface area contributed by atoms with Crippen molar-refractivity contribution in [1.82, 2.24) is 5.32 Å². The van der Waals surface area contributed by atoms with E-state index in [9.17, 15) is 8.78 Å². The molecule has 0 atom stereocenters. The molecule has 16 heavy (non-hydrogen) atoms. The van der Waals surface area contributed by atoms with Crippen LogP contribution in [0.25, 0.3) is 11.1 Å². The number of furan rings is 1. The average Bonchev–Trinajstić information content (AvgIpc) is 2.70. The number of rotatable bonds is 3. The van der Waals surface area contributed by atoms with Gasteiger partial charge in [-0.25, -0.2) is 8.78 Å². The van der Waals surface area contributed by atoms with Crippen LogP contribution in [0.3, 0.4) is 0 Å².